The van der Waals surface area contributed by atoms with Gasteiger partial charge in [-0.15, -0.1) is 0 Å². The monoisotopic (exact) mass is 374 g/mol. The zero-order chi connectivity index (χ0) is 19.2. The van der Waals surface area contributed by atoms with E-state index >= 15 is 0 Å². The number of fused-ring (bicyclic) bond motifs is 1. The van der Waals surface area contributed by atoms with E-state index in [1.807, 2.05) is 0 Å². The Morgan fingerprint density at radius 2 is 1.89 bits per heavy atom. The van der Waals surface area contributed by atoms with Crippen LogP contribution in [0.25, 0.3) is 0 Å². The minimum absolute atomic E-state index is 0.237. The molecule has 1 aromatic carbocycles. The summed E-state index contributed by atoms with van der Waals surface area (Å²) in [4.78, 5) is 28.3. The molecule has 0 saturated carbocycles. The van der Waals surface area contributed by atoms with E-state index in [0.717, 1.165) is 0 Å². The van der Waals surface area contributed by atoms with E-state index in [2.05, 4.69) is 0 Å². The largest absolute Gasteiger partial charge is 0.459 e. The van der Waals surface area contributed by atoms with Gasteiger partial charge in [0.05, 0.1) is 12.2 Å². The number of halogens is 1. The number of ether oxygens (including phenoxy) is 1. The number of nitrogens with zero attached hydrogens (tertiary/aromatic N) is 2. The van der Waals surface area contributed by atoms with Crippen LogP contribution in [0.5, 0.6) is 5.75 Å². The van der Waals surface area contributed by atoms with Gasteiger partial charge in [-0.05, 0) is 30.3 Å². The summed E-state index contributed by atoms with van der Waals surface area (Å²) in [5.74, 6) is -3.52. The molecule has 0 aliphatic carbocycles. The molecule has 1 N–H and O–H groups in total. The van der Waals surface area contributed by atoms with Crippen molar-refractivity contribution < 1.29 is 28.2 Å². The molecule has 27 heavy (non-hydrogen) atoms. The maximum Gasteiger partial charge on any atom is 0.296 e. The fourth-order valence-corrected chi connectivity index (χ4v) is 3.54. The van der Waals surface area contributed by atoms with Gasteiger partial charge < -0.3 is 24.1 Å². The van der Waals surface area contributed by atoms with Crippen molar-refractivity contribution in [1.29, 1.82) is 0 Å². The molecule has 1 saturated heterocycles. The van der Waals surface area contributed by atoms with Crippen LogP contribution in [0.15, 0.2) is 41.0 Å². The van der Waals surface area contributed by atoms with Gasteiger partial charge in [0, 0.05) is 31.7 Å². The second kappa shape index (κ2) is 6.38. The molecule has 2 amide bonds. The first-order chi connectivity index (χ1) is 12.9. The summed E-state index contributed by atoms with van der Waals surface area (Å²) < 4.78 is 24.1. The Labute approximate surface area is 154 Å². The Hall–Kier alpha value is -2.87. The van der Waals surface area contributed by atoms with Gasteiger partial charge in [-0.3, -0.25) is 9.59 Å². The lowest BCUT2D eigenvalue weighted by Crippen LogP contribution is -2.59. The van der Waals surface area contributed by atoms with E-state index in [-0.39, 0.29) is 24.8 Å². The SMILES string of the molecule is C[C@H]1c2cc(F)ccc2O[C@@]1(O)C(=O)N1CCN(C(=O)c2ccco2)CC1. The molecule has 1 fully saturated rings. The Morgan fingerprint density at radius 3 is 2.56 bits per heavy atom. The van der Waals surface area contributed by atoms with Crippen molar-refractivity contribution in [1.82, 2.24) is 9.80 Å². The maximum atomic E-state index is 13.5. The van der Waals surface area contributed by atoms with Gasteiger partial charge in [-0.2, -0.15) is 0 Å². The van der Waals surface area contributed by atoms with Crippen LogP contribution >= 0.6 is 0 Å². The first-order valence-electron chi connectivity index (χ1n) is 8.73. The number of carbonyl (C=O) groups excluding carboxylic acids is 2. The first-order valence-corrected chi connectivity index (χ1v) is 8.73. The fraction of sp³-hybridized carbons (Fsp3) is 0.368. The molecule has 7 nitrogen and oxygen atoms in total. The maximum absolute atomic E-state index is 13.5. The molecule has 142 valence electrons. The highest BCUT2D eigenvalue weighted by molar-refractivity contribution is 5.92. The number of aliphatic hydroxyl groups is 1. The van der Waals surface area contributed by atoms with Gasteiger partial charge >= 0.3 is 0 Å². The number of furan rings is 1. The average Bonchev–Trinajstić information content (AvgIpc) is 3.30. The molecule has 1 aromatic heterocycles. The lowest BCUT2D eigenvalue weighted by Gasteiger charge is -2.38. The number of piperazine rings is 1. The van der Waals surface area contributed by atoms with E-state index in [9.17, 15) is 19.1 Å². The lowest BCUT2D eigenvalue weighted by molar-refractivity contribution is -0.187. The molecule has 0 unspecified atom stereocenters. The Morgan fingerprint density at radius 1 is 1.19 bits per heavy atom. The van der Waals surface area contributed by atoms with Crippen molar-refractivity contribution in [3.63, 3.8) is 0 Å². The second-order valence-corrected chi connectivity index (χ2v) is 6.76. The molecule has 2 atom stereocenters. The molecular weight excluding hydrogens is 355 g/mol. The highest BCUT2D eigenvalue weighted by Gasteiger charge is 2.53. The molecule has 4 rings (SSSR count). The van der Waals surface area contributed by atoms with Gasteiger partial charge in [-0.25, -0.2) is 4.39 Å². The standard InChI is InChI=1S/C19H19FN2O5/c1-12-14-11-13(20)4-5-15(14)27-19(12,25)18(24)22-8-6-21(7-9-22)17(23)16-3-2-10-26-16/h2-5,10-12,25H,6-9H2,1H3/t12-,19+/m0/s1. The van der Waals surface area contributed by atoms with Gasteiger partial charge in [0.2, 0.25) is 0 Å². The van der Waals surface area contributed by atoms with Crippen LogP contribution in [-0.2, 0) is 4.79 Å². The van der Waals surface area contributed by atoms with E-state index in [1.54, 1.807) is 24.0 Å². The summed E-state index contributed by atoms with van der Waals surface area (Å²) in [5, 5.41) is 10.9. The third-order valence-electron chi connectivity index (χ3n) is 5.18. The predicted molar refractivity (Wildman–Crippen MR) is 91.6 cm³/mol. The van der Waals surface area contributed by atoms with Crippen LogP contribution in [0.4, 0.5) is 4.39 Å². The van der Waals surface area contributed by atoms with Gasteiger partial charge in [0.1, 0.15) is 11.6 Å². The number of amides is 2. The van der Waals surface area contributed by atoms with Crippen molar-refractivity contribution in [2.24, 2.45) is 0 Å². The molecule has 2 aromatic rings. The van der Waals surface area contributed by atoms with Crippen molar-refractivity contribution in [2.75, 3.05) is 26.2 Å². The smallest absolute Gasteiger partial charge is 0.296 e. The summed E-state index contributed by atoms with van der Waals surface area (Å²) >= 11 is 0. The summed E-state index contributed by atoms with van der Waals surface area (Å²) in [7, 11) is 0. The first kappa shape index (κ1) is 17.5. The zero-order valence-electron chi connectivity index (χ0n) is 14.7. The molecule has 2 aliphatic rings. The third kappa shape index (κ3) is 2.86. The Balaban J connectivity index is 1.45. The van der Waals surface area contributed by atoms with Crippen LogP contribution in [-0.4, -0.2) is 58.7 Å². The second-order valence-electron chi connectivity index (χ2n) is 6.76. The van der Waals surface area contributed by atoms with Crippen LogP contribution in [0.2, 0.25) is 0 Å². The molecule has 0 spiro atoms. The van der Waals surface area contributed by atoms with Crippen molar-refractivity contribution in [3.05, 3.63) is 53.7 Å². The van der Waals surface area contributed by atoms with E-state index in [1.165, 1.54) is 29.4 Å². The molecule has 2 aliphatic heterocycles. The normalized spacial score (nSPS) is 24.5. The summed E-state index contributed by atoms with van der Waals surface area (Å²) in [6.07, 6.45) is 1.43. The molecular formula is C19H19FN2O5. The summed E-state index contributed by atoms with van der Waals surface area (Å²) in [6.45, 7) is 2.78. The van der Waals surface area contributed by atoms with E-state index < -0.39 is 23.4 Å². The highest BCUT2D eigenvalue weighted by atomic mass is 19.1. The number of carbonyl (C=O) groups is 2. The zero-order valence-corrected chi connectivity index (χ0v) is 14.7. The fourth-order valence-electron chi connectivity index (χ4n) is 3.54. The molecule has 3 heterocycles. The minimum atomic E-state index is -2.08. The van der Waals surface area contributed by atoms with E-state index in [4.69, 9.17) is 9.15 Å². The van der Waals surface area contributed by atoms with Crippen LogP contribution < -0.4 is 4.74 Å². The third-order valence-corrected chi connectivity index (χ3v) is 5.18. The minimum Gasteiger partial charge on any atom is -0.459 e. The Kier molecular flexibility index (Phi) is 4.15. The summed E-state index contributed by atoms with van der Waals surface area (Å²) in [6, 6.07) is 7.13. The van der Waals surface area contributed by atoms with Crippen molar-refractivity contribution >= 4 is 11.8 Å². The predicted octanol–water partition coefficient (Wildman–Crippen LogP) is 1.59. The Bertz CT molecular complexity index is 876. The highest BCUT2D eigenvalue weighted by Crippen LogP contribution is 2.44. The number of benzene rings is 1. The van der Waals surface area contributed by atoms with Crippen LogP contribution in [0.3, 0.4) is 0 Å². The van der Waals surface area contributed by atoms with Gasteiger partial charge in [0.15, 0.2) is 5.76 Å². The summed E-state index contributed by atoms with van der Waals surface area (Å²) in [5.41, 5.74) is 0.456. The number of rotatable bonds is 2. The average molecular weight is 374 g/mol. The number of hydrogen-bond acceptors (Lipinski definition) is 5. The molecule has 0 bridgehead atoms. The van der Waals surface area contributed by atoms with E-state index in [0.29, 0.717) is 24.4 Å². The quantitative estimate of drug-likeness (QED) is 0.863. The molecule has 0 radical (unpaired) electrons. The van der Waals surface area contributed by atoms with Gasteiger partial charge in [0.25, 0.3) is 17.6 Å². The topological polar surface area (TPSA) is 83.2 Å². The van der Waals surface area contributed by atoms with Gasteiger partial charge in [-0.1, -0.05) is 6.92 Å². The van der Waals surface area contributed by atoms with Crippen LogP contribution in [0, 0.1) is 5.82 Å². The lowest BCUT2D eigenvalue weighted by atomic mass is 9.93. The number of hydrogen-bond donors (Lipinski definition) is 1. The van der Waals surface area contributed by atoms with Crippen molar-refractivity contribution in [2.45, 2.75) is 18.6 Å². The van der Waals surface area contributed by atoms with Crippen molar-refractivity contribution in [3.8, 4) is 5.75 Å². The molecule has 8 heteroatoms. The van der Waals surface area contributed by atoms with Crippen LogP contribution in [0.1, 0.15) is 29.0 Å².